The van der Waals surface area contributed by atoms with Crippen molar-refractivity contribution in [1.82, 2.24) is 10.8 Å². The summed E-state index contributed by atoms with van der Waals surface area (Å²) in [5.41, 5.74) is 4.39. The molecule has 0 radical (unpaired) electrons. The van der Waals surface area contributed by atoms with Crippen LogP contribution in [0.3, 0.4) is 0 Å². The van der Waals surface area contributed by atoms with Gasteiger partial charge in [-0.25, -0.2) is 10.3 Å². The van der Waals surface area contributed by atoms with E-state index in [4.69, 9.17) is 4.84 Å². The number of urea groups is 1. The van der Waals surface area contributed by atoms with Crippen molar-refractivity contribution in [3.05, 3.63) is 71.8 Å². The summed E-state index contributed by atoms with van der Waals surface area (Å²) in [6.45, 7) is 0.224. The molecule has 2 aromatic carbocycles. The highest BCUT2D eigenvalue weighted by Crippen LogP contribution is 2.21. The molecular formula is C16H15N3O2. The van der Waals surface area contributed by atoms with Crippen molar-refractivity contribution in [2.75, 3.05) is 6.61 Å². The summed E-state index contributed by atoms with van der Waals surface area (Å²) in [6, 6.07) is 19.5. The van der Waals surface area contributed by atoms with Gasteiger partial charge in [-0.1, -0.05) is 60.7 Å². The van der Waals surface area contributed by atoms with Gasteiger partial charge in [0.15, 0.2) is 0 Å². The van der Waals surface area contributed by atoms with Gasteiger partial charge in [0.2, 0.25) is 0 Å². The Hall–Kier alpha value is -2.66. The third-order valence-electron chi connectivity index (χ3n) is 3.18. The molecule has 2 amide bonds. The summed E-state index contributed by atoms with van der Waals surface area (Å²) < 4.78 is 0. The second-order valence-electron chi connectivity index (χ2n) is 4.65. The van der Waals surface area contributed by atoms with Crippen LogP contribution >= 0.6 is 0 Å². The summed E-state index contributed by atoms with van der Waals surface area (Å²) in [6.07, 6.45) is 0. The largest absolute Gasteiger partial charge is 0.366 e. The molecule has 5 nitrogen and oxygen atoms in total. The summed E-state index contributed by atoms with van der Waals surface area (Å²) in [7, 11) is 0. The molecule has 0 spiro atoms. The molecular weight excluding hydrogens is 266 g/mol. The van der Waals surface area contributed by atoms with Gasteiger partial charge in [0, 0.05) is 0 Å². The van der Waals surface area contributed by atoms with E-state index in [2.05, 4.69) is 15.8 Å². The van der Waals surface area contributed by atoms with Crippen LogP contribution in [0.4, 0.5) is 4.79 Å². The third kappa shape index (κ3) is 3.27. The van der Waals surface area contributed by atoms with Crippen molar-refractivity contribution in [2.45, 2.75) is 6.04 Å². The van der Waals surface area contributed by atoms with Gasteiger partial charge < -0.3 is 5.32 Å². The number of amides is 2. The Balaban J connectivity index is 1.92. The normalized spacial score (nSPS) is 14.5. The highest BCUT2D eigenvalue weighted by molar-refractivity contribution is 5.96. The number of amidine groups is 1. The monoisotopic (exact) mass is 281 g/mol. The van der Waals surface area contributed by atoms with Gasteiger partial charge in [0.25, 0.3) is 0 Å². The van der Waals surface area contributed by atoms with Gasteiger partial charge >= 0.3 is 6.03 Å². The van der Waals surface area contributed by atoms with Crippen LogP contribution in [-0.2, 0) is 4.84 Å². The number of carbonyl (C=O) groups excluding carboxylic acids is 1. The van der Waals surface area contributed by atoms with Crippen LogP contribution in [0.2, 0.25) is 0 Å². The number of carbonyl (C=O) groups is 1. The van der Waals surface area contributed by atoms with Crippen LogP contribution in [0.5, 0.6) is 0 Å². The lowest BCUT2D eigenvalue weighted by Crippen LogP contribution is -2.40. The molecule has 0 aromatic heterocycles. The van der Waals surface area contributed by atoms with Crippen LogP contribution in [0, 0.1) is 0 Å². The number of hydrogen-bond acceptors (Lipinski definition) is 3. The van der Waals surface area contributed by atoms with Gasteiger partial charge in [-0.15, -0.1) is 0 Å². The molecule has 3 rings (SSSR count). The Morgan fingerprint density at radius 3 is 2.10 bits per heavy atom. The maximum atomic E-state index is 11.3. The summed E-state index contributed by atoms with van der Waals surface area (Å²) in [5.74, 6) is 0.511. The minimum Gasteiger partial charge on any atom is -0.360 e. The van der Waals surface area contributed by atoms with Crippen molar-refractivity contribution >= 4 is 11.9 Å². The van der Waals surface area contributed by atoms with E-state index in [-0.39, 0.29) is 12.6 Å². The fourth-order valence-electron chi connectivity index (χ4n) is 2.23. The fraction of sp³-hybridized carbons (Fsp3) is 0.125. The first-order valence-electron chi connectivity index (χ1n) is 6.69. The maximum absolute atomic E-state index is 11.3. The average Bonchev–Trinajstić information content (AvgIpc) is 2.54. The summed E-state index contributed by atoms with van der Waals surface area (Å²) in [4.78, 5) is 20.1. The topological polar surface area (TPSA) is 62.7 Å². The zero-order valence-electron chi connectivity index (χ0n) is 11.3. The molecule has 21 heavy (non-hydrogen) atoms. The maximum Gasteiger partial charge on any atom is 0.366 e. The number of hydroxylamine groups is 1. The molecule has 0 atom stereocenters. The highest BCUT2D eigenvalue weighted by Gasteiger charge is 2.18. The van der Waals surface area contributed by atoms with E-state index in [9.17, 15) is 4.79 Å². The van der Waals surface area contributed by atoms with Crippen molar-refractivity contribution in [3.8, 4) is 0 Å². The second-order valence-corrected chi connectivity index (χ2v) is 4.65. The fourth-order valence-corrected chi connectivity index (χ4v) is 2.23. The van der Waals surface area contributed by atoms with Crippen molar-refractivity contribution in [3.63, 3.8) is 0 Å². The lowest BCUT2D eigenvalue weighted by molar-refractivity contribution is 0.0841. The summed E-state index contributed by atoms with van der Waals surface area (Å²) in [5, 5.41) is 3.28. The number of nitrogens with one attached hydrogen (secondary N) is 2. The van der Waals surface area contributed by atoms with Crippen molar-refractivity contribution < 1.29 is 9.63 Å². The minimum atomic E-state index is -0.497. The van der Waals surface area contributed by atoms with E-state index in [0.29, 0.717) is 5.84 Å². The molecule has 1 heterocycles. The molecule has 1 aliphatic rings. The number of hydrogen-bond donors (Lipinski definition) is 2. The van der Waals surface area contributed by atoms with Gasteiger partial charge in [-0.2, -0.15) is 4.99 Å². The van der Waals surface area contributed by atoms with E-state index in [1.54, 1.807) is 0 Å². The Morgan fingerprint density at radius 2 is 1.57 bits per heavy atom. The lowest BCUT2D eigenvalue weighted by atomic mass is 9.99. The van der Waals surface area contributed by atoms with E-state index < -0.39 is 6.03 Å². The average molecular weight is 281 g/mol. The number of benzene rings is 2. The minimum absolute atomic E-state index is 0.0827. The van der Waals surface area contributed by atoms with Crippen LogP contribution < -0.4 is 10.8 Å². The quantitative estimate of drug-likeness (QED) is 0.908. The molecule has 5 heteroatoms. The molecule has 2 aromatic rings. The van der Waals surface area contributed by atoms with Gasteiger partial charge in [-0.05, 0) is 11.1 Å². The molecule has 0 saturated heterocycles. The zero-order valence-corrected chi connectivity index (χ0v) is 11.3. The van der Waals surface area contributed by atoms with E-state index in [1.165, 1.54) is 0 Å². The van der Waals surface area contributed by atoms with E-state index in [0.717, 1.165) is 11.1 Å². The number of nitrogens with zero attached hydrogens (tertiary/aromatic N) is 1. The standard InChI is InChI=1S/C16H15N3O2/c20-16-18-14(11-21-19-16)17-15(12-7-3-1-4-8-12)13-9-5-2-6-10-13/h1-10,15H,11H2,(H2,17,18,19,20). The Kier molecular flexibility index (Phi) is 3.93. The molecule has 0 aliphatic carbocycles. The Bertz CT molecular complexity index is 602. The molecule has 0 saturated carbocycles. The summed E-state index contributed by atoms with van der Waals surface area (Å²) >= 11 is 0. The molecule has 106 valence electrons. The molecule has 1 aliphatic heterocycles. The zero-order chi connectivity index (χ0) is 14.5. The van der Waals surface area contributed by atoms with E-state index >= 15 is 0 Å². The van der Waals surface area contributed by atoms with Crippen molar-refractivity contribution in [2.24, 2.45) is 4.99 Å². The molecule has 0 bridgehead atoms. The van der Waals surface area contributed by atoms with Gasteiger partial charge in [-0.3, -0.25) is 4.84 Å². The first-order valence-corrected chi connectivity index (χ1v) is 6.69. The van der Waals surface area contributed by atoms with Gasteiger partial charge in [0.05, 0.1) is 6.04 Å². The first kappa shape index (κ1) is 13.3. The number of aliphatic imine (C=N–C) groups is 1. The van der Waals surface area contributed by atoms with E-state index in [1.807, 2.05) is 60.7 Å². The predicted octanol–water partition coefficient (Wildman–Crippen LogP) is 2.42. The Morgan fingerprint density at radius 1 is 1.00 bits per heavy atom. The smallest absolute Gasteiger partial charge is 0.360 e. The SMILES string of the molecule is O=C1N=C(NC(c2ccccc2)c2ccccc2)CON1. The molecule has 2 N–H and O–H groups in total. The van der Waals surface area contributed by atoms with Crippen LogP contribution in [0.15, 0.2) is 65.7 Å². The molecule has 0 unspecified atom stereocenters. The number of rotatable bonds is 3. The third-order valence-corrected chi connectivity index (χ3v) is 3.18. The van der Waals surface area contributed by atoms with Crippen molar-refractivity contribution in [1.29, 1.82) is 0 Å². The lowest BCUT2D eigenvalue weighted by Gasteiger charge is -2.23. The first-order chi connectivity index (χ1) is 10.3. The van der Waals surface area contributed by atoms with Crippen LogP contribution in [-0.4, -0.2) is 18.5 Å². The second kappa shape index (κ2) is 6.19. The van der Waals surface area contributed by atoms with Crippen LogP contribution in [0.1, 0.15) is 17.2 Å². The van der Waals surface area contributed by atoms with Crippen LogP contribution in [0.25, 0.3) is 0 Å². The van der Waals surface area contributed by atoms with Gasteiger partial charge in [0.1, 0.15) is 12.4 Å². The predicted molar refractivity (Wildman–Crippen MR) is 79.8 cm³/mol. The Labute approximate surface area is 122 Å². The molecule has 0 fully saturated rings. The highest BCUT2D eigenvalue weighted by atomic mass is 16.7.